The monoisotopic (exact) mass is 309 g/mol. The highest BCUT2D eigenvalue weighted by atomic mass is 32.2. The summed E-state index contributed by atoms with van der Waals surface area (Å²) in [5.74, 6) is 2.24. The lowest BCUT2D eigenvalue weighted by Gasteiger charge is -2.33. The largest absolute Gasteiger partial charge is 0.497 e. The van der Waals surface area contributed by atoms with Gasteiger partial charge in [-0.05, 0) is 49.1 Å². The summed E-state index contributed by atoms with van der Waals surface area (Å²) >= 11 is 0. The Balaban J connectivity index is 2.21. The lowest BCUT2D eigenvalue weighted by Crippen LogP contribution is -2.38. The van der Waals surface area contributed by atoms with Crippen molar-refractivity contribution in [3.05, 3.63) is 29.3 Å². The van der Waals surface area contributed by atoms with Gasteiger partial charge in [0.05, 0.1) is 12.4 Å². The Morgan fingerprint density at radius 1 is 1.48 bits per heavy atom. The van der Waals surface area contributed by atoms with Gasteiger partial charge in [-0.1, -0.05) is 26.3 Å². The highest BCUT2D eigenvalue weighted by Crippen LogP contribution is 2.35. The number of rotatable bonds is 6. The predicted molar refractivity (Wildman–Crippen MR) is 89.4 cm³/mol. The first kappa shape index (κ1) is 16.5. The van der Waals surface area contributed by atoms with Crippen molar-refractivity contribution in [2.24, 2.45) is 5.92 Å². The molecule has 0 aliphatic heterocycles. The van der Waals surface area contributed by atoms with Gasteiger partial charge in [0, 0.05) is 22.6 Å². The smallest absolute Gasteiger partial charge is 0.119 e. The molecule has 0 amide bonds. The van der Waals surface area contributed by atoms with E-state index in [1.807, 2.05) is 13.1 Å². The van der Waals surface area contributed by atoms with Gasteiger partial charge in [-0.25, -0.2) is 0 Å². The number of hydrogen-bond acceptors (Lipinski definition) is 3. The van der Waals surface area contributed by atoms with Crippen LogP contribution in [0.15, 0.2) is 18.2 Å². The maximum atomic E-state index is 12.7. The minimum atomic E-state index is -0.775. The first-order valence-electron chi connectivity index (χ1n) is 7.81. The molecule has 1 aromatic rings. The van der Waals surface area contributed by atoms with Gasteiger partial charge in [0.2, 0.25) is 0 Å². The number of fused-ring (bicyclic) bond motifs is 1. The van der Waals surface area contributed by atoms with Crippen LogP contribution in [0.4, 0.5) is 0 Å². The Bertz CT molecular complexity index is 504. The molecular weight excluding hydrogens is 282 g/mol. The van der Waals surface area contributed by atoms with E-state index in [2.05, 4.69) is 31.3 Å². The third kappa shape index (κ3) is 3.67. The second kappa shape index (κ2) is 7.41. The molecule has 1 N–H and O–H groups in total. The fourth-order valence-electron chi connectivity index (χ4n) is 3.04. The Morgan fingerprint density at radius 3 is 2.86 bits per heavy atom. The molecule has 2 rings (SSSR count). The van der Waals surface area contributed by atoms with Crippen molar-refractivity contribution >= 4 is 10.8 Å². The number of aryl methyl sites for hydroxylation is 1. The van der Waals surface area contributed by atoms with Crippen LogP contribution in [-0.4, -0.2) is 29.4 Å². The highest BCUT2D eigenvalue weighted by molar-refractivity contribution is 7.85. The maximum Gasteiger partial charge on any atom is 0.119 e. The zero-order valence-corrected chi connectivity index (χ0v) is 14.3. The number of nitrogens with one attached hydrogen (secondary N) is 1. The first-order valence-corrected chi connectivity index (χ1v) is 9.20. The van der Waals surface area contributed by atoms with Gasteiger partial charge in [0.25, 0.3) is 0 Å². The van der Waals surface area contributed by atoms with Crippen molar-refractivity contribution < 1.29 is 8.95 Å². The fraction of sp³-hybridized carbons (Fsp3) is 0.647. The first-order chi connectivity index (χ1) is 10.1. The maximum absolute atomic E-state index is 12.7. The van der Waals surface area contributed by atoms with E-state index in [1.54, 1.807) is 7.11 Å². The summed E-state index contributed by atoms with van der Waals surface area (Å²) < 4.78 is 18.0. The quantitative estimate of drug-likeness (QED) is 0.877. The summed E-state index contributed by atoms with van der Waals surface area (Å²) in [5, 5.41) is 3.60. The lowest BCUT2D eigenvalue weighted by molar-refractivity contribution is 0.412. The summed E-state index contributed by atoms with van der Waals surface area (Å²) in [5.41, 5.74) is 2.61. The molecular formula is C17H27NO2S. The summed E-state index contributed by atoms with van der Waals surface area (Å²) in [7, 11) is 2.89. The number of benzene rings is 1. The summed E-state index contributed by atoms with van der Waals surface area (Å²) in [6.45, 7) is 4.35. The zero-order valence-electron chi connectivity index (χ0n) is 13.5. The van der Waals surface area contributed by atoms with Crippen LogP contribution in [0.3, 0.4) is 0 Å². The Hall–Kier alpha value is -0.870. The molecule has 21 heavy (non-hydrogen) atoms. The Labute approximate surface area is 130 Å². The lowest BCUT2D eigenvalue weighted by atomic mass is 9.87. The molecule has 0 bridgehead atoms. The molecule has 4 heteroatoms. The Morgan fingerprint density at radius 2 is 2.24 bits per heavy atom. The predicted octanol–water partition coefficient (Wildman–Crippen LogP) is 3.07. The van der Waals surface area contributed by atoms with E-state index >= 15 is 0 Å². The SMILES string of the molecule is CCC(C)CS(=O)C1CCc2cc(OC)ccc2C1NC. The van der Waals surface area contributed by atoms with Gasteiger partial charge in [0.1, 0.15) is 5.75 Å². The van der Waals surface area contributed by atoms with Gasteiger partial charge in [-0.3, -0.25) is 4.21 Å². The standard InChI is InChI=1S/C17H27NO2S/c1-5-12(2)11-21(19)16-9-6-13-10-14(20-4)7-8-15(13)17(16)18-3/h7-8,10,12,16-18H,5-6,9,11H2,1-4H3. The van der Waals surface area contributed by atoms with Gasteiger partial charge in [0.15, 0.2) is 0 Å². The van der Waals surface area contributed by atoms with Crippen molar-refractivity contribution in [3.63, 3.8) is 0 Å². The summed E-state index contributed by atoms with van der Waals surface area (Å²) in [6, 6.07) is 6.43. The Kier molecular flexibility index (Phi) is 5.82. The van der Waals surface area contributed by atoms with Crippen molar-refractivity contribution in [2.45, 2.75) is 44.4 Å². The number of ether oxygens (including phenoxy) is 1. The third-order valence-corrected chi connectivity index (χ3v) is 6.63. The molecule has 0 spiro atoms. The second-order valence-corrected chi connectivity index (χ2v) is 7.67. The minimum Gasteiger partial charge on any atom is -0.497 e. The molecule has 1 aromatic carbocycles. The summed E-state index contributed by atoms with van der Waals surface area (Å²) in [4.78, 5) is 0. The molecule has 0 fully saturated rings. The third-order valence-electron chi connectivity index (χ3n) is 4.55. The van der Waals surface area contributed by atoms with E-state index < -0.39 is 10.8 Å². The molecule has 3 nitrogen and oxygen atoms in total. The van der Waals surface area contributed by atoms with Gasteiger partial charge < -0.3 is 10.1 Å². The number of methoxy groups -OCH3 is 1. The average Bonchev–Trinajstić information content (AvgIpc) is 2.52. The van der Waals surface area contributed by atoms with Crippen molar-refractivity contribution in [1.29, 1.82) is 0 Å². The highest BCUT2D eigenvalue weighted by Gasteiger charge is 2.33. The average molecular weight is 309 g/mol. The van der Waals surface area contributed by atoms with Crippen LogP contribution in [0, 0.1) is 5.92 Å². The number of hydrogen-bond donors (Lipinski definition) is 1. The van der Waals surface area contributed by atoms with Crippen LogP contribution in [-0.2, 0) is 17.2 Å². The molecule has 4 unspecified atom stereocenters. The van der Waals surface area contributed by atoms with E-state index in [-0.39, 0.29) is 11.3 Å². The van der Waals surface area contributed by atoms with Gasteiger partial charge in [-0.15, -0.1) is 0 Å². The van der Waals surface area contributed by atoms with E-state index in [1.165, 1.54) is 11.1 Å². The molecule has 0 saturated carbocycles. The van der Waals surface area contributed by atoms with Crippen LogP contribution in [0.25, 0.3) is 0 Å². The fourth-order valence-corrected chi connectivity index (χ4v) is 5.05. The van der Waals surface area contributed by atoms with E-state index in [0.29, 0.717) is 5.92 Å². The molecule has 4 atom stereocenters. The van der Waals surface area contributed by atoms with Crippen molar-refractivity contribution in [1.82, 2.24) is 5.32 Å². The van der Waals surface area contributed by atoms with Gasteiger partial charge in [-0.2, -0.15) is 0 Å². The van der Waals surface area contributed by atoms with E-state index in [4.69, 9.17) is 4.74 Å². The molecule has 118 valence electrons. The van der Waals surface area contributed by atoms with Gasteiger partial charge >= 0.3 is 0 Å². The normalized spacial score (nSPS) is 24.2. The van der Waals surface area contributed by atoms with Crippen LogP contribution < -0.4 is 10.1 Å². The van der Waals surface area contributed by atoms with Crippen molar-refractivity contribution in [2.75, 3.05) is 19.9 Å². The van der Waals surface area contributed by atoms with Crippen LogP contribution >= 0.6 is 0 Å². The van der Waals surface area contributed by atoms with Crippen LogP contribution in [0.5, 0.6) is 5.75 Å². The molecule has 1 aliphatic rings. The second-order valence-electron chi connectivity index (χ2n) is 5.97. The van der Waals surface area contributed by atoms with E-state index in [0.717, 1.165) is 30.8 Å². The summed E-state index contributed by atoms with van der Waals surface area (Å²) in [6.07, 6.45) is 3.06. The molecule has 0 saturated heterocycles. The van der Waals surface area contributed by atoms with E-state index in [9.17, 15) is 4.21 Å². The van der Waals surface area contributed by atoms with Crippen LogP contribution in [0.1, 0.15) is 43.9 Å². The molecule has 0 aromatic heterocycles. The molecule has 1 aliphatic carbocycles. The van der Waals surface area contributed by atoms with Crippen molar-refractivity contribution in [3.8, 4) is 5.75 Å². The van der Waals surface area contributed by atoms with Crippen LogP contribution in [0.2, 0.25) is 0 Å². The topological polar surface area (TPSA) is 38.3 Å². The molecule has 0 radical (unpaired) electrons. The molecule has 0 heterocycles. The zero-order chi connectivity index (χ0) is 15.4. The minimum absolute atomic E-state index is 0.185.